The molecular weight excluding hydrogens is 276 g/mol. The van der Waals surface area contributed by atoms with Crippen molar-refractivity contribution in [3.8, 4) is 0 Å². The van der Waals surface area contributed by atoms with Crippen LogP contribution in [0.4, 0.5) is 0 Å². The quantitative estimate of drug-likeness (QED) is 0.737. The molecule has 2 rings (SSSR count). The molecule has 1 heterocycles. The summed E-state index contributed by atoms with van der Waals surface area (Å²) in [7, 11) is 0. The number of benzene rings is 1. The van der Waals surface area contributed by atoms with Crippen LogP contribution in [0.25, 0.3) is 0 Å². The maximum absolute atomic E-state index is 11.3. The molecule has 0 saturated heterocycles. The second-order valence-electron chi connectivity index (χ2n) is 4.54. The number of cyclic esters (lactones) is 1. The Balaban J connectivity index is 1.88. The molecule has 0 unspecified atom stereocenters. The molecule has 0 saturated carbocycles. The zero-order chi connectivity index (χ0) is 15.2. The van der Waals surface area contributed by atoms with Crippen molar-refractivity contribution in [2.45, 2.75) is 25.7 Å². The number of ether oxygens (including phenoxy) is 3. The van der Waals surface area contributed by atoms with Gasteiger partial charge in [-0.05, 0) is 12.5 Å². The van der Waals surface area contributed by atoms with Crippen molar-refractivity contribution >= 4 is 5.97 Å². The average Bonchev–Trinajstić information content (AvgIpc) is 2.77. The molecule has 0 amide bonds. The third kappa shape index (κ3) is 3.74. The number of hydrogen-bond acceptors (Lipinski definition) is 6. The number of esters is 1. The molecule has 114 valence electrons. The van der Waals surface area contributed by atoms with Crippen molar-refractivity contribution < 1.29 is 29.2 Å². The first-order valence-electron chi connectivity index (χ1n) is 6.70. The fourth-order valence-corrected chi connectivity index (χ4v) is 1.98. The molecule has 2 N–H and O–H groups in total. The number of carbonyl (C=O) groups is 1. The van der Waals surface area contributed by atoms with E-state index in [1.165, 1.54) is 0 Å². The summed E-state index contributed by atoms with van der Waals surface area (Å²) in [6.45, 7) is 2.25. The highest BCUT2D eigenvalue weighted by molar-refractivity contribution is 5.89. The molecule has 0 fully saturated rings. The first-order valence-corrected chi connectivity index (χ1v) is 6.70. The molecule has 0 radical (unpaired) electrons. The van der Waals surface area contributed by atoms with Crippen molar-refractivity contribution in [2.24, 2.45) is 0 Å². The minimum atomic E-state index is -1.11. The predicted octanol–water partition coefficient (Wildman–Crippen LogP) is 1.30. The predicted molar refractivity (Wildman–Crippen MR) is 73.3 cm³/mol. The van der Waals surface area contributed by atoms with Crippen LogP contribution in [0.3, 0.4) is 0 Å². The summed E-state index contributed by atoms with van der Waals surface area (Å²) >= 11 is 0. The van der Waals surface area contributed by atoms with Crippen molar-refractivity contribution in [1.29, 1.82) is 0 Å². The summed E-state index contributed by atoms with van der Waals surface area (Å²) in [5, 5.41) is 19.6. The summed E-state index contributed by atoms with van der Waals surface area (Å²) < 4.78 is 15.4. The molecule has 1 aliphatic rings. The zero-order valence-electron chi connectivity index (χ0n) is 11.7. The molecule has 1 aliphatic heterocycles. The average molecular weight is 294 g/mol. The van der Waals surface area contributed by atoms with Gasteiger partial charge in [-0.25, -0.2) is 4.79 Å². The number of carbonyl (C=O) groups excluding carboxylic acids is 1. The van der Waals surface area contributed by atoms with Crippen LogP contribution in [0.1, 0.15) is 12.5 Å². The van der Waals surface area contributed by atoms with Crippen LogP contribution in [0, 0.1) is 0 Å². The normalized spacial score (nSPS) is 19.5. The van der Waals surface area contributed by atoms with E-state index in [9.17, 15) is 15.0 Å². The summed E-state index contributed by atoms with van der Waals surface area (Å²) in [5.74, 6) is -1.53. The van der Waals surface area contributed by atoms with Crippen LogP contribution in [0.2, 0.25) is 0 Å². The highest BCUT2D eigenvalue weighted by atomic mass is 16.6. The van der Waals surface area contributed by atoms with Gasteiger partial charge in [0.15, 0.2) is 11.9 Å². The van der Waals surface area contributed by atoms with E-state index < -0.39 is 23.9 Å². The Kier molecular flexibility index (Phi) is 5.19. The van der Waals surface area contributed by atoms with E-state index >= 15 is 0 Å². The van der Waals surface area contributed by atoms with Gasteiger partial charge >= 0.3 is 5.97 Å². The van der Waals surface area contributed by atoms with Gasteiger partial charge in [-0.3, -0.25) is 0 Å². The lowest BCUT2D eigenvalue weighted by atomic mass is 10.2. The van der Waals surface area contributed by atoms with Gasteiger partial charge < -0.3 is 24.4 Å². The minimum absolute atomic E-state index is 0.0432. The van der Waals surface area contributed by atoms with Crippen LogP contribution in [0.15, 0.2) is 41.9 Å². The van der Waals surface area contributed by atoms with Gasteiger partial charge in [-0.2, -0.15) is 0 Å². The topological polar surface area (TPSA) is 85.2 Å². The van der Waals surface area contributed by atoms with Crippen molar-refractivity contribution in [1.82, 2.24) is 0 Å². The molecule has 21 heavy (non-hydrogen) atoms. The van der Waals surface area contributed by atoms with E-state index in [-0.39, 0.29) is 19.0 Å². The number of aliphatic hydroxyl groups is 2. The van der Waals surface area contributed by atoms with E-state index in [0.717, 1.165) is 5.56 Å². The van der Waals surface area contributed by atoms with Gasteiger partial charge in [0, 0.05) is 0 Å². The van der Waals surface area contributed by atoms with E-state index in [4.69, 9.17) is 14.2 Å². The fourth-order valence-electron chi connectivity index (χ4n) is 1.98. The van der Waals surface area contributed by atoms with Crippen LogP contribution in [-0.4, -0.2) is 41.6 Å². The van der Waals surface area contributed by atoms with E-state index in [2.05, 4.69) is 0 Å². The highest BCUT2D eigenvalue weighted by Gasteiger charge is 2.40. The standard InChI is InChI=1S/C15H18O6/c1-2-20-14-12(17)15(18)21-13(14)11(16)9-19-8-10-6-4-3-5-7-10/h3-7,11,13,16-17H,2,8-9H2,1H3/t11-,13+/m0/s1. The zero-order valence-corrected chi connectivity index (χ0v) is 11.7. The third-order valence-electron chi connectivity index (χ3n) is 2.97. The Morgan fingerprint density at radius 3 is 2.71 bits per heavy atom. The summed E-state index contributed by atoms with van der Waals surface area (Å²) in [6.07, 6.45) is -2.14. The lowest BCUT2D eigenvalue weighted by Gasteiger charge is -2.19. The molecular formula is C15H18O6. The van der Waals surface area contributed by atoms with Crippen LogP contribution in [-0.2, 0) is 25.6 Å². The molecule has 1 aromatic rings. The van der Waals surface area contributed by atoms with Crippen LogP contribution >= 0.6 is 0 Å². The maximum atomic E-state index is 11.3. The van der Waals surface area contributed by atoms with Gasteiger partial charge in [0.2, 0.25) is 5.76 Å². The molecule has 1 aromatic carbocycles. The van der Waals surface area contributed by atoms with Crippen LogP contribution < -0.4 is 0 Å². The highest BCUT2D eigenvalue weighted by Crippen LogP contribution is 2.25. The molecule has 0 bridgehead atoms. The molecule has 2 atom stereocenters. The van der Waals surface area contributed by atoms with Gasteiger partial charge in [-0.1, -0.05) is 30.3 Å². The Labute approximate surface area is 122 Å². The smallest absolute Gasteiger partial charge is 0.378 e. The van der Waals surface area contributed by atoms with E-state index in [1.54, 1.807) is 6.92 Å². The summed E-state index contributed by atoms with van der Waals surface area (Å²) in [6, 6.07) is 9.49. The maximum Gasteiger partial charge on any atom is 0.378 e. The third-order valence-corrected chi connectivity index (χ3v) is 2.97. The van der Waals surface area contributed by atoms with Crippen molar-refractivity contribution in [2.75, 3.05) is 13.2 Å². The van der Waals surface area contributed by atoms with Gasteiger partial charge in [0.05, 0.1) is 19.8 Å². The monoisotopic (exact) mass is 294 g/mol. The minimum Gasteiger partial charge on any atom is -0.499 e. The van der Waals surface area contributed by atoms with Gasteiger partial charge in [0.25, 0.3) is 0 Å². The molecule has 6 nitrogen and oxygen atoms in total. The first-order chi connectivity index (χ1) is 10.1. The second kappa shape index (κ2) is 7.10. The largest absolute Gasteiger partial charge is 0.499 e. The lowest BCUT2D eigenvalue weighted by molar-refractivity contribution is -0.149. The Hall–Kier alpha value is -2.05. The van der Waals surface area contributed by atoms with Crippen molar-refractivity contribution in [3.63, 3.8) is 0 Å². The Morgan fingerprint density at radius 2 is 2.05 bits per heavy atom. The second-order valence-corrected chi connectivity index (χ2v) is 4.54. The van der Waals surface area contributed by atoms with Crippen LogP contribution in [0.5, 0.6) is 0 Å². The number of rotatable bonds is 7. The molecule has 0 spiro atoms. The fraction of sp³-hybridized carbons (Fsp3) is 0.400. The van der Waals surface area contributed by atoms with E-state index in [0.29, 0.717) is 6.61 Å². The molecule has 6 heteroatoms. The number of hydrogen-bond donors (Lipinski definition) is 2. The van der Waals surface area contributed by atoms with E-state index in [1.807, 2.05) is 30.3 Å². The molecule has 0 aliphatic carbocycles. The summed E-state index contributed by atoms with van der Waals surface area (Å²) in [4.78, 5) is 11.3. The summed E-state index contributed by atoms with van der Waals surface area (Å²) in [5.41, 5.74) is 0.969. The first kappa shape index (κ1) is 15.3. The Morgan fingerprint density at radius 1 is 1.33 bits per heavy atom. The lowest BCUT2D eigenvalue weighted by Crippen LogP contribution is -2.33. The van der Waals surface area contributed by atoms with Gasteiger partial charge in [-0.15, -0.1) is 0 Å². The van der Waals surface area contributed by atoms with Gasteiger partial charge in [0.1, 0.15) is 6.10 Å². The SMILES string of the molecule is CCOC1=C(O)C(=O)O[C@@H]1[C@@H](O)COCc1ccccc1. The molecule has 0 aromatic heterocycles. The Bertz CT molecular complexity index is 510. The number of aliphatic hydroxyl groups excluding tert-OH is 2. The van der Waals surface area contributed by atoms with Crippen molar-refractivity contribution in [3.05, 3.63) is 47.4 Å².